The Hall–Kier alpha value is -2.56. The average Bonchev–Trinajstić information content (AvgIpc) is 3.15. The molecule has 5 heteroatoms. The Morgan fingerprint density at radius 3 is 2.00 bits per heavy atom. The normalized spacial score (nSPS) is 25.0. The Balaban J connectivity index is 1.37. The first-order chi connectivity index (χ1) is 12.1. The summed E-state index contributed by atoms with van der Waals surface area (Å²) in [7, 11) is 0. The van der Waals surface area contributed by atoms with Crippen molar-refractivity contribution in [2.24, 2.45) is 11.8 Å². The van der Waals surface area contributed by atoms with Crippen LogP contribution in [0.3, 0.4) is 0 Å². The molecule has 4 rings (SSSR count). The number of amides is 1. The van der Waals surface area contributed by atoms with Crippen molar-refractivity contribution in [1.29, 1.82) is 0 Å². The van der Waals surface area contributed by atoms with Gasteiger partial charge >= 0.3 is 6.09 Å². The van der Waals surface area contributed by atoms with Crippen LogP contribution < -0.4 is 4.74 Å². The van der Waals surface area contributed by atoms with Gasteiger partial charge in [-0.3, -0.25) is 0 Å². The summed E-state index contributed by atoms with van der Waals surface area (Å²) in [5.41, 5.74) is 1.99. The molecule has 1 N–H and O–H groups in total. The SMILES string of the molecule is O=C(O)N1C[C@H]2CC(Oc3ccc(-c4ccc(F)cc4)cc3)C[C@H]2C1. The highest BCUT2D eigenvalue weighted by Crippen LogP contribution is 2.39. The number of halogens is 1. The third-order valence-corrected chi connectivity index (χ3v) is 5.31. The minimum Gasteiger partial charge on any atom is -0.490 e. The maximum absolute atomic E-state index is 13.0. The summed E-state index contributed by atoms with van der Waals surface area (Å²) in [6.45, 7) is 1.26. The minimum atomic E-state index is -0.816. The zero-order valence-corrected chi connectivity index (χ0v) is 13.8. The van der Waals surface area contributed by atoms with Crippen LogP contribution in [0.1, 0.15) is 12.8 Å². The van der Waals surface area contributed by atoms with Crippen molar-refractivity contribution in [2.45, 2.75) is 18.9 Å². The Labute approximate surface area is 145 Å². The van der Waals surface area contributed by atoms with Crippen molar-refractivity contribution < 1.29 is 19.0 Å². The van der Waals surface area contributed by atoms with Crippen LogP contribution in [0.2, 0.25) is 0 Å². The molecule has 0 radical (unpaired) electrons. The van der Waals surface area contributed by atoms with Crippen LogP contribution in [0.5, 0.6) is 5.75 Å². The lowest BCUT2D eigenvalue weighted by atomic mass is 10.0. The van der Waals surface area contributed by atoms with Crippen LogP contribution in [0.15, 0.2) is 48.5 Å². The van der Waals surface area contributed by atoms with Crippen molar-refractivity contribution in [2.75, 3.05) is 13.1 Å². The number of ether oxygens (including phenoxy) is 1. The van der Waals surface area contributed by atoms with Gasteiger partial charge in [-0.05, 0) is 60.1 Å². The van der Waals surface area contributed by atoms with E-state index in [1.165, 1.54) is 17.0 Å². The first-order valence-corrected chi connectivity index (χ1v) is 8.59. The molecule has 2 aromatic carbocycles. The van der Waals surface area contributed by atoms with E-state index < -0.39 is 6.09 Å². The maximum atomic E-state index is 13.0. The number of hydrogen-bond acceptors (Lipinski definition) is 2. The van der Waals surface area contributed by atoms with E-state index >= 15 is 0 Å². The lowest BCUT2D eigenvalue weighted by molar-refractivity contribution is 0.144. The summed E-state index contributed by atoms with van der Waals surface area (Å²) >= 11 is 0. The fraction of sp³-hybridized carbons (Fsp3) is 0.350. The van der Waals surface area contributed by atoms with Gasteiger partial charge in [0.2, 0.25) is 0 Å². The molecule has 25 heavy (non-hydrogen) atoms. The monoisotopic (exact) mass is 341 g/mol. The molecular weight excluding hydrogens is 321 g/mol. The molecule has 1 saturated carbocycles. The highest BCUT2D eigenvalue weighted by atomic mass is 19.1. The quantitative estimate of drug-likeness (QED) is 0.907. The van der Waals surface area contributed by atoms with E-state index in [1.54, 1.807) is 12.1 Å². The number of rotatable bonds is 3. The van der Waals surface area contributed by atoms with Gasteiger partial charge in [-0.2, -0.15) is 0 Å². The van der Waals surface area contributed by atoms with E-state index in [1.807, 2.05) is 24.3 Å². The zero-order valence-electron chi connectivity index (χ0n) is 13.8. The molecule has 1 amide bonds. The smallest absolute Gasteiger partial charge is 0.407 e. The molecule has 0 spiro atoms. The first-order valence-electron chi connectivity index (χ1n) is 8.59. The second-order valence-corrected chi connectivity index (χ2v) is 6.95. The molecule has 2 aromatic rings. The number of carboxylic acid groups (broad SMARTS) is 1. The molecule has 1 aliphatic carbocycles. The Morgan fingerprint density at radius 2 is 1.48 bits per heavy atom. The summed E-state index contributed by atoms with van der Waals surface area (Å²) < 4.78 is 19.1. The number of benzene rings is 2. The molecule has 2 fully saturated rings. The van der Waals surface area contributed by atoms with E-state index in [2.05, 4.69) is 0 Å². The second kappa shape index (κ2) is 6.39. The van der Waals surface area contributed by atoms with Gasteiger partial charge in [0, 0.05) is 13.1 Å². The third kappa shape index (κ3) is 3.31. The predicted octanol–water partition coefficient (Wildman–Crippen LogP) is 4.26. The molecule has 0 bridgehead atoms. The van der Waals surface area contributed by atoms with Gasteiger partial charge in [-0.15, -0.1) is 0 Å². The standard InChI is InChI=1S/C20H20FNO3/c21-17-5-1-13(2-6-17)14-3-7-18(8-4-14)25-19-9-15-11-22(20(23)24)12-16(15)10-19/h1-8,15-16,19H,9-12H2,(H,23,24)/t15-,16+,19?. The van der Waals surface area contributed by atoms with E-state index in [9.17, 15) is 9.18 Å². The van der Waals surface area contributed by atoms with Crippen LogP contribution in [0.25, 0.3) is 11.1 Å². The zero-order chi connectivity index (χ0) is 17.4. The number of fused-ring (bicyclic) bond motifs is 1. The summed E-state index contributed by atoms with van der Waals surface area (Å²) in [6, 6.07) is 14.3. The molecular formula is C20H20FNO3. The molecule has 0 aromatic heterocycles. The molecule has 130 valence electrons. The summed E-state index contributed by atoms with van der Waals surface area (Å²) in [6.07, 6.45) is 1.16. The van der Waals surface area contributed by atoms with Crippen molar-refractivity contribution in [3.8, 4) is 16.9 Å². The van der Waals surface area contributed by atoms with Crippen LogP contribution in [-0.4, -0.2) is 35.3 Å². The van der Waals surface area contributed by atoms with Gasteiger partial charge in [0.05, 0.1) is 6.10 Å². The number of carbonyl (C=O) groups is 1. The summed E-state index contributed by atoms with van der Waals surface area (Å²) in [5, 5.41) is 9.08. The molecule has 1 aliphatic heterocycles. The lowest BCUT2D eigenvalue weighted by Gasteiger charge is -2.18. The van der Waals surface area contributed by atoms with Crippen LogP contribution >= 0.6 is 0 Å². The van der Waals surface area contributed by atoms with Crippen LogP contribution in [0, 0.1) is 17.7 Å². The van der Waals surface area contributed by atoms with Gasteiger partial charge in [0.25, 0.3) is 0 Å². The highest BCUT2D eigenvalue weighted by molar-refractivity contribution is 5.65. The average molecular weight is 341 g/mol. The van der Waals surface area contributed by atoms with Crippen LogP contribution in [-0.2, 0) is 0 Å². The Morgan fingerprint density at radius 1 is 0.960 bits per heavy atom. The summed E-state index contributed by atoms with van der Waals surface area (Å²) in [4.78, 5) is 12.6. The van der Waals surface area contributed by atoms with Gasteiger partial charge < -0.3 is 14.7 Å². The van der Waals surface area contributed by atoms with E-state index in [-0.39, 0.29) is 11.9 Å². The van der Waals surface area contributed by atoms with E-state index in [4.69, 9.17) is 9.84 Å². The topological polar surface area (TPSA) is 49.8 Å². The van der Waals surface area contributed by atoms with E-state index in [0.29, 0.717) is 24.9 Å². The largest absolute Gasteiger partial charge is 0.490 e. The molecule has 1 unspecified atom stereocenters. The van der Waals surface area contributed by atoms with Crippen molar-refractivity contribution in [3.63, 3.8) is 0 Å². The predicted molar refractivity (Wildman–Crippen MR) is 92.1 cm³/mol. The first kappa shape index (κ1) is 15.9. The van der Waals surface area contributed by atoms with Gasteiger partial charge in [0.1, 0.15) is 11.6 Å². The fourth-order valence-electron chi connectivity index (χ4n) is 4.06. The molecule has 3 atom stereocenters. The molecule has 2 aliphatic rings. The van der Waals surface area contributed by atoms with Gasteiger partial charge in [0.15, 0.2) is 0 Å². The number of nitrogens with zero attached hydrogens (tertiary/aromatic N) is 1. The number of likely N-dealkylation sites (tertiary alicyclic amines) is 1. The van der Waals surface area contributed by atoms with Crippen molar-refractivity contribution in [1.82, 2.24) is 4.90 Å². The van der Waals surface area contributed by atoms with Crippen molar-refractivity contribution in [3.05, 3.63) is 54.3 Å². The molecule has 1 heterocycles. The fourth-order valence-corrected chi connectivity index (χ4v) is 4.06. The summed E-state index contributed by atoms with van der Waals surface area (Å²) in [5.74, 6) is 1.42. The number of hydrogen-bond donors (Lipinski definition) is 1. The van der Waals surface area contributed by atoms with Gasteiger partial charge in [-0.25, -0.2) is 9.18 Å². The lowest BCUT2D eigenvalue weighted by Crippen LogP contribution is -2.29. The van der Waals surface area contributed by atoms with Gasteiger partial charge in [-0.1, -0.05) is 24.3 Å². The Bertz CT molecular complexity index is 746. The van der Waals surface area contributed by atoms with E-state index in [0.717, 1.165) is 29.7 Å². The minimum absolute atomic E-state index is 0.155. The third-order valence-electron chi connectivity index (χ3n) is 5.31. The van der Waals surface area contributed by atoms with Crippen LogP contribution in [0.4, 0.5) is 9.18 Å². The maximum Gasteiger partial charge on any atom is 0.407 e. The van der Waals surface area contributed by atoms with Crippen molar-refractivity contribution >= 4 is 6.09 Å². The Kier molecular flexibility index (Phi) is 4.07. The second-order valence-electron chi connectivity index (χ2n) is 6.95. The molecule has 1 saturated heterocycles. The molecule has 4 nitrogen and oxygen atoms in total. The highest BCUT2D eigenvalue weighted by Gasteiger charge is 2.43.